The van der Waals surface area contributed by atoms with E-state index in [0.717, 1.165) is 61.7 Å². The molecular weight excluding hydrogens is 468 g/mol. The third-order valence-corrected chi connectivity index (χ3v) is 12.1. The average molecular weight is 529 g/mol. The average Bonchev–Trinajstić information content (AvgIpc) is 3.23. The Morgan fingerprint density at radius 1 is 1.00 bits per heavy atom. The van der Waals surface area contributed by atoms with Gasteiger partial charge in [-0.25, -0.2) is 4.79 Å². The molecule has 218 valence electrons. The number of hydrogen-bond acceptors (Lipinski definition) is 3. The summed E-state index contributed by atoms with van der Waals surface area (Å²) in [5, 5.41) is 0. The molecule has 0 aromatic heterocycles. The summed E-state index contributed by atoms with van der Waals surface area (Å²) < 4.78 is 11.5. The Hall–Kier alpha value is -0.990. The van der Waals surface area contributed by atoms with Gasteiger partial charge in [0.15, 0.2) is 0 Å². The number of hydrogen-bond donors (Lipinski definition) is 0. The van der Waals surface area contributed by atoms with Crippen LogP contribution in [0.25, 0.3) is 0 Å². The van der Waals surface area contributed by atoms with E-state index in [9.17, 15) is 4.79 Å². The predicted octanol–water partition coefficient (Wildman–Crippen LogP) is 10.5. The molecule has 0 aromatic rings. The lowest BCUT2D eigenvalue weighted by Crippen LogP contribution is -2.50. The molecule has 3 saturated carbocycles. The van der Waals surface area contributed by atoms with Gasteiger partial charge in [-0.15, -0.1) is 0 Å². The lowest BCUT2D eigenvalue weighted by Gasteiger charge is -2.58. The van der Waals surface area contributed by atoms with E-state index in [1.54, 1.807) is 5.57 Å². The molecule has 0 heterocycles. The van der Waals surface area contributed by atoms with Crippen molar-refractivity contribution in [3.63, 3.8) is 0 Å². The minimum absolute atomic E-state index is 0.00958. The van der Waals surface area contributed by atoms with Crippen LogP contribution in [-0.2, 0) is 9.47 Å². The Balaban J connectivity index is 1.31. The van der Waals surface area contributed by atoms with E-state index in [2.05, 4.69) is 47.6 Å². The summed E-state index contributed by atoms with van der Waals surface area (Å²) >= 11 is 0. The van der Waals surface area contributed by atoms with Crippen molar-refractivity contribution < 1.29 is 14.3 Å². The van der Waals surface area contributed by atoms with Crippen LogP contribution < -0.4 is 0 Å². The number of allylic oxidation sites excluding steroid dienone is 1. The zero-order valence-electron chi connectivity index (χ0n) is 25.9. The van der Waals surface area contributed by atoms with E-state index in [-0.39, 0.29) is 6.10 Å². The Bertz CT molecular complexity index is 801. The van der Waals surface area contributed by atoms with Gasteiger partial charge < -0.3 is 9.47 Å². The van der Waals surface area contributed by atoms with Gasteiger partial charge in [-0.3, -0.25) is 0 Å². The molecule has 0 saturated heterocycles. The maximum absolute atomic E-state index is 12.5. The maximum atomic E-state index is 12.5. The van der Waals surface area contributed by atoms with Gasteiger partial charge in [0.1, 0.15) is 6.10 Å². The number of rotatable bonds is 12. The van der Waals surface area contributed by atoms with E-state index in [1.165, 1.54) is 70.6 Å². The van der Waals surface area contributed by atoms with Crippen LogP contribution in [0.3, 0.4) is 0 Å². The van der Waals surface area contributed by atoms with Crippen LogP contribution in [0.5, 0.6) is 0 Å². The quantitative estimate of drug-likeness (QED) is 0.143. The van der Waals surface area contributed by atoms with Crippen molar-refractivity contribution in [1.29, 1.82) is 0 Å². The summed E-state index contributed by atoms with van der Waals surface area (Å²) in [6.45, 7) is 14.9. The van der Waals surface area contributed by atoms with Gasteiger partial charge in [-0.2, -0.15) is 0 Å². The summed E-state index contributed by atoms with van der Waals surface area (Å²) in [5.41, 5.74) is 2.46. The van der Waals surface area contributed by atoms with Crippen molar-refractivity contribution in [2.75, 3.05) is 6.61 Å². The molecule has 3 heteroatoms. The van der Waals surface area contributed by atoms with Gasteiger partial charge in [0.05, 0.1) is 6.61 Å². The lowest BCUT2D eigenvalue weighted by molar-refractivity contribution is -0.0570. The zero-order chi connectivity index (χ0) is 27.3. The van der Waals surface area contributed by atoms with Crippen LogP contribution in [0.2, 0.25) is 0 Å². The van der Waals surface area contributed by atoms with Crippen molar-refractivity contribution in [3.8, 4) is 0 Å². The minimum atomic E-state index is -0.443. The number of ether oxygens (including phenoxy) is 2. The van der Waals surface area contributed by atoms with E-state index < -0.39 is 6.16 Å². The third kappa shape index (κ3) is 6.49. The summed E-state index contributed by atoms with van der Waals surface area (Å²) in [5.74, 6) is 4.84. The first-order valence-electron chi connectivity index (χ1n) is 16.7. The van der Waals surface area contributed by atoms with Gasteiger partial charge in [-0.05, 0) is 104 Å². The number of carbonyl (C=O) groups excluding carboxylic acids is 1. The van der Waals surface area contributed by atoms with Crippen LogP contribution in [-0.4, -0.2) is 18.9 Å². The Labute approximate surface area is 235 Å². The minimum Gasteiger partial charge on any atom is -0.434 e. The topological polar surface area (TPSA) is 35.5 Å². The molecule has 0 radical (unpaired) electrons. The molecule has 0 aliphatic heterocycles. The number of unbranched alkanes of at least 4 members (excludes halogenated alkanes) is 2. The SMILES string of the molecule is CCCC[C@H](CC)COC(=O)O[C@H]1CC[C@@]2(C)C(=CC[C@H]3[C@@H]4CC[C@H](CCCCC(C)C)[C@@]4(C)CC[C@@H]32)C1. The second-order valence-electron chi connectivity index (χ2n) is 14.7. The molecule has 3 nitrogen and oxygen atoms in total. The van der Waals surface area contributed by atoms with Crippen molar-refractivity contribution in [2.45, 2.75) is 150 Å². The molecule has 0 spiro atoms. The normalized spacial score (nSPS) is 37.1. The first kappa shape index (κ1) is 30.0. The molecule has 0 unspecified atom stereocenters. The van der Waals surface area contributed by atoms with E-state index in [1.807, 2.05) is 0 Å². The highest BCUT2D eigenvalue weighted by atomic mass is 16.7. The fraction of sp³-hybridized carbons (Fsp3) is 0.914. The first-order valence-corrected chi connectivity index (χ1v) is 16.7. The van der Waals surface area contributed by atoms with Crippen molar-refractivity contribution in [1.82, 2.24) is 0 Å². The van der Waals surface area contributed by atoms with E-state index >= 15 is 0 Å². The fourth-order valence-corrected chi connectivity index (χ4v) is 9.51. The lowest BCUT2D eigenvalue weighted by atomic mass is 9.47. The molecule has 4 aliphatic carbocycles. The summed E-state index contributed by atoms with van der Waals surface area (Å²) in [6.07, 6.45) is 22.5. The highest BCUT2D eigenvalue weighted by molar-refractivity contribution is 5.60. The number of fused-ring (bicyclic) bond motifs is 5. The summed E-state index contributed by atoms with van der Waals surface area (Å²) in [6, 6.07) is 0. The van der Waals surface area contributed by atoms with Crippen LogP contribution in [0, 0.1) is 46.3 Å². The van der Waals surface area contributed by atoms with Crippen molar-refractivity contribution >= 4 is 6.16 Å². The van der Waals surface area contributed by atoms with Gasteiger partial charge in [0.25, 0.3) is 0 Å². The molecule has 38 heavy (non-hydrogen) atoms. The Morgan fingerprint density at radius 3 is 2.55 bits per heavy atom. The number of carbonyl (C=O) groups is 1. The molecule has 4 aliphatic rings. The monoisotopic (exact) mass is 528 g/mol. The molecule has 8 atom stereocenters. The Morgan fingerprint density at radius 2 is 1.82 bits per heavy atom. The van der Waals surface area contributed by atoms with Gasteiger partial charge >= 0.3 is 6.16 Å². The highest BCUT2D eigenvalue weighted by Crippen LogP contribution is 2.66. The predicted molar refractivity (Wildman–Crippen MR) is 158 cm³/mol. The largest absolute Gasteiger partial charge is 0.508 e. The summed E-state index contributed by atoms with van der Waals surface area (Å²) in [7, 11) is 0. The molecular formula is C35H60O3. The Kier molecular flexibility index (Phi) is 10.3. The smallest absolute Gasteiger partial charge is 0.434 e. The molecule has 0 amide bonds. The maximum Gasteiger partial charge on any atom is 0.508 e. The second-order valence-corrected chi connectivity index (χ2v) is 14.7. The molecule has 4 rings (SSSR count). The first-order chi connectivity index (χ1) is 18.2. The second kappa shape index (κ2) is 13.1. The van der Waals surface area contributed by atoms with E-state index in [0.29, 0.717) is 23.4 Å². The zero-order valence-corrected chi connectivity index (χ0v) is 25.9. The van der Waals surface area contributed by atoms with Crippen molar-refractivity contribution in [3.05, 3.63) is 11.6 Å². The highest BCUT2D eigenvalue weighted by Gasteiger charge is 2.58. The van der Waals surface area contributed by atoms with E-state index in [4.69, 9.17) is 9.47 Å². The molecule has 0 N–H and O–H groups in total. The standard InChI is InChI=1S/C35H60O3/c1-7-9-13-26(8-2)24-37-33(36)38-29-19-21-35(6)28(23-29)15-17-30-31-18-16-27(14-11-10-12-25(3)4)34(31,5)22-20-32(30)35/h15,25-27,29-32H,7-14,16-24H2,1-6H3/t26-,27-,29-,30-,31-,32-,34+,35-/m0/s1. The van der Waals surface area contributed by atoms with Crippen molar-refractivity contribution in [2.24, 2.45) is 46.3 Å². The van der Waals surface area contributed by atoms with Crippen LogP contribution in [0.1, 0.15) is 144 Å². The van der Waals surface area contributed by atoms with Gasteiger partial charge in [-0.1, -0.05) is 91.7 Å². The van der Waals surface area contributed by atoms with Crippen LogP contribution in [0.4, 0.5) is 4.79 Å². The molecule has 3 fully saturated rings. The molecule has 0 bridgehead atoms. The molecule has 0 aromatic carbocycles. The van der Waals surface area contributed by atoms with Crippen LogP contribution >= 0.6 is 0 Å². The fourth-order valence-electron chi connectivity index (χ4n) is 9.51. The third-order valence-electron chi connectivity index (χ3n) is 12.1. The van der Waals surface area contributed by atoms with Gasteiger partial charge in [0, 0.05) is 6.42 Å². The summed E-state index contributed by atoms with van der Waals surface area (Å²) in [4.78, 5) is 12.5. The van der Waals surface area contributed by atoms with Crippen LogP contribution in [0.15, 0.2) is 11.6 Å². The van der Waals surface area contributed by atoms with Gasteiger partial charge in [0.2, 0.25) is 0 Å².